The summed E-state index contributed by atoms with van der Waals surface area (Å²) in [7, 11) is 0. The van der Waals surface area contributed by atoms with E-state index in [-0.39, 0.29) is 0 Å². The average Bonchev–Trinajstić information content (AvgIpc) is 2.11. The van der Waals surface area contributed by atoms with Gasteiger partial charge in [-0.05, 0) is 39.0 Å². The zero-order chi connectivity index (χ0) is 11.3. The van der Waals surface area contributed by atoms with Gasteiger partial charge in [-0.3, -0.25) is 4.79 Å². The number of hydrogen-bond acceptors (Lipinski definition) is 1. The maximum absolute atomic E-state index is 12.0. The molecule has 3 heteroatoms. The molecule has 0 unspecified atom stereocenters. The largest absolute Gasteiger partial charge is 0.340 e. The number of hydrogen-bond donors (Lipinski definition) is 0. The van der Waals surface area contributed by atoms with E-state index < -0.39 is 0 Å². The lowest BCUT2D eigenvalue weighted by atomic mass is 9.82. The fraction of sp³-hybridized carbons (Fsp3) is 0.917. The van der Waals surface area contributed by atoms with Gasteiger partial charge >= 0.3 is 0 Å². The summed E-state index contributed by atoms with van der Waals surface area (Å²) in [6.07, 6.45) is 5.67. The zero-order valence-electron chi connectivity index (χ0n) is 9.84. The van der Waals surface area contributed by atoms with Gasteiger partial charge in [0.15, 0.2) is 0 Å². The van der Waals surface area contributed by atoms with Crippen molar-refractivity contribution in [3.8, 4) is 0 Å². The van der Waals surface area contributed by atoms with Crippen LogP contribution in [-0.4, -0.2) is 28.7 Å². The molecule has 88 valence electrons. The normalized spacial score (nSPS) is 16.5. The molecule has 1 aliphatic rings. The third-order valence-corrected chi connectivity index (χ3v) is 3.73. The fourth-order valence-corrected chi connectivity index (χ4v) is 2.21. The van der Waals surface area contributed by atoms with E-state index in [0.717, 1.165) is 24.7 Å². The molecule has 0 aromatic heterocycles. The minimum atomic E-state index is 0.344. The van der Waals surface area contributed by atoms with E-state index in [0.29, 0.717) is 17.9 Å². The van der Waals surface area contributed by atoms with Gasteiger partial charge in [0.25, 0.3) is 0 Å². The number of nitrogens with zero attached hydrogens (tertiary/aromatic N) is 1. The number of alkyl halides is 1. The number of amides is 1. The van der Waals surface area contributed by atoms with Gasteiger partial charge in [-0.15, -0.1) is 0 Å². The molecule has 0 aliphatic heterocycles. The second-order valence-electron chi connectivity index (χ2n) is 4.72. The summed E-state index contributed by atoms with van der Waals surface area (Å²) in [6.45, 7) is 5.11. The van der Waals surface area contributed by atoms with Crippen molar-refractivity contribution in [2.45, 2.75) is 52.0 Å². The van der Waals surface area contributed by atoms with Crippen molar-refractivity contribution in [3.05, 3.63) is 0 Å². The molecule has 1 amide bonds. The molecule has 0 heterocycles. The highest BCUT2D eigenvalue weighted by Gasteiger charge is 2.24. The topological polar surface area (TPSA) is 20.3 Å². The second kappa shape index (κ2) is 6.51. The van der Waals surface area contributed by atoms with Gasteiger partial charge in [0.1, 0.15) is 0 Å². The predicted octanol–water partition coefficient (Wildman–Crippen LogP) is 3.20. The summed E-state index contributed by atoms with van der Waals surface area (Å²) in [4.78, 5) is 14.0. The molecule has 1 fully saturated rings. The monoisotopic (exact) mass is 275 g/mol. The van der Waals surface area contributed by atoms with Crippen LogP contribution in [0.5, 0.6) is 0 Å². The minimum absolute atomic E-state index is 0.344. The van der Waals surface area contributed by atoms with Crippen LogP contribution >= 0.6 is 15.9 Å². The quantitative estimate of drug-likeness (QED) is 0.682. The molecule has 2 nitrogen and oxygen atoms in total. The van der Waals surface area contributed by atoms with Gasteiger partial charge in [0, 0.05) is 24.3 Å². The highest BCUT2D eigenvalue weighted by Crippen LogP contribution is 2.30. The summed E-state index contributed by atoms with van der Waals surface area (Å²) >= 11 is 3.41. The maximum atomic E-state index is 12.0. The Morgan fingerprint density at radius 2 is 2.13 bits per heavy atom. The van der Waals surface area contributed by atoms with E-state index in [4.69, 9.17) is 0 Å². The van der Waals surface area contributed by atoms with Gasteiger partial charge < -0.3 is 4.90 Å². The Kier molecular flexibility index (Phi) is 5.65. The van der Waals surface area contributed by atoms with Crippen molar-refractivity contribution in [1.82, 2.24) is 4.90 Å². The van der Waals surface area contributed by atoms with E-state index in [1.165, 1.54) is 19.3 Å². The smallest absolute Gasteiger partial charge is 0.223 e. The van der Waals surface area contributed by atoms with Crippen molar-refractivity contribution < 1.29 is 4.79 Å². The first-order chi connectivity index (χ1) is 7.15. The molecule has 0 N–H and O–H groups in total. The minimum Gasteiger partial charge on any atom is -0.340 e. The molecule has 0 radical (unpaired) electrons. The molecule has 0 bridgehead atoms. The van der Waals surface area contributed by atoms with Crippen LogP contribution in [0.25, 0.3) is 0 Å². The maximum Gasteiger partial charge on any atom is 0.223 e. The molecule has 0 aromatic rings. The number of carbonyl (C=O) groups is 1. The summed E-state index contributed by atoms with van der Waals surface area (Å²) < 4.78 is 0. The Morgan fingerprint density at radius 3 is 2.53 bits per heavy atom. The predicted molar refractivity (Wildman–Crippen MR) is 67.2 cm³/mol. The van der Waals surface area contributed by atoms with Crippen LogP contribution in [0.4, 0.5) is 0 Å². The van der Waals surface area contributed by atoms with Crippen LogP contribution in [0.3, 0.4) is 0 Å². The van der Waals surface area contributed by atoms with Crippen LogP contribution in [-0.2, 0) is 4.79 Å². The van der Waals surface area contributed by atoms with Crippen LogP contribution < -0.4 is 0 Å². The van der Waals surface area contributed by atoms with Crippen LogP contribution in [0.2, 0.25) is 0 Å². The van der Waals surface area contributed by atoms with Crippen molar-refractivity contribution >= 4 is 21.8 Å². The van der Waals surface area contributed by atoms with Gasteiger partial charge in [-0.2, -0.15) is 0 Å². The first-order valence-electron chi connectivity index (χ1n) is 6.00. The zero-order valence-corrected chi connectivity index (χ0v) is 11.4. The van der Waals surface area contributed by atoms with Crippen molar-refractivity contribution in [3.63, 3.8) is 0 Å². The van der Waals surface area contributed by atoms with Crippen molar-refractivity contribution in [1.29, 1.82) is 0 Å². The van der Waals surface area contributed by atoms with Crippen molar-refractivity contribution in [2.75, 3.05) is 11.9 Å². The first-order valence-corrected chi connectivity index (χ1v) is 7.12. The second-order valence-corrected chi connectivity index (χ2v) is 5.52. The van der Waals surface area contributed by atoms with Gasteiger partial charge in [-0.25, -0.2) is 0 Å². The molecule has 0 saturated heterocycles. The molecule has 0 aromatic carbocycles. The van der Waals surface area contributed by atoms with E-state index in [2.05, 4.69) is 29.8 Å². The van der Waals surface area contributed by atoms with Crippen LogP contribution in [0, 0.1) is 5.92 Å². The Morgan fingerprint density at radius 1 is 1.47 bits per heavy atom. The standard InChI is InChI=1S/C12H22BrNO/c1-10(2)14(8-4-7-13)12(15)9-11-5-3-6-11/h10-11H,3-9H2,1-2H3. The Bertz CT molecular complexity index is 202. The van der Waals surface area contributed by atoms with Crippen LogP contribution in [0.15, 0.2) is 0 Å². The van der Waals surface area contributed by atoms with Crippen molar-refractivity contribution in [2.24, 2.45) is 5.92 Å². The third kappa shape index (κ3) is 4.13. The SMILES string of the molecule is CC(C)N(CCCBr)C(=O)CC1CCC1. The van der Waals surface area contributed by atoms with E-state index in [9.17, 15) is 4.79 Å². The van der Waals surface area contributed by atoms with Crippen LogP contribution in [0.1, 0.15) is 46.0 Å². The summed E-state index contributed by atoms with van der Waals surface area (Å²) in [5, 5.41) is 0.979. The number of carbonyl (C=O) groups excluding carboxylic acids is 1. The molecule has 1 aliphatic carbocycles. The summed E-state index contributed by atoms with van der Waals surface area (Å²) in [6, 6.07) is 0.344. The molecule has 0 spiro atoms. The lowest BCUT2D eigenvalue weighted by Gasteiger charge is -2.31. The number of halogens is 1. The fourth-order valence-electron chi connectivity index (χ4n) is 1.96. The molecule has 0 atom stereocenters. The molecule has 1 rings (SSSR count). The molecular weight excluding hydrogens is 254 g/mol. The third-order valence-electron chi connectivity index (χ3n) is 3.16. The van der Waals surface area contributed by atoms with E-state index >= 15 is 0 Å². The summed E-state index contributed by atoms with van der Waals surface area (Å²) in [5.74, 6) is 1.04. The molecule has 15 heavy (non-hydrogen) atoms. The number of rotatable bonds is 6. The molecular formula is C12H22BrNO. The van der Waals surface area contributed by atoms with Gasteiger partial charge in [0.2, 0.25) is 5.91 Å². The summed E-state index contributed by atoms with van der Waals surface area (Å²) in [5.41, 5.74) is 0. The van der Waals surface area contributed by atoms with Gasteiger partial charge in [-0.1, -0.05) is 22.4 Å². The molecule has 1 saturated carbocycles. The average molecular weight is 276 g/mol. The Hall–Kier alpha value is -0.0500. The highest BCUT2D eigenvalue weighted by molar-refractivity contribution is 9.09. The lowest BCUT2D eigenvalue weighted by Crippen LogP contribution is -2.39. The lowest BCUT2D eigenvalue weighted by molar-refractivity contribution is -0.134. The van der Waals surface area contributed by atoms with Gasteiger partial charge in [0.05, 0.1) is 0 Å². The Balaban J connectivity index is 2.35. The highest BCUT2D eigenvalue weighted by atomic mass is 79.9. The Labute approximate surface area is 102 Å². The van der Waals surface area contributed by atoms with E-state index in [1.807, 2.05) is 4.90 Å². The van der Waals surface area contributed by atoms with E-state index in [1.54, 1.807) is 0 Å². The first kappa shape index (κ1) is 13.0.